The maximum atomic E-state index is 11.4. The molecule has 0 atom stereocenters. The zero-order valence-electron chi connectivity index (χ0n) is 7.35. The molecule has 6 heteroatoms. The average molecular weight is 228 g/mol. The van der Waals surface area contributed by atoms with E-state index in [1.165, 1.54) is 0 Å². The number of nitrogens with one attached hydrogen (secondary N) is 1. The number of amides is 1. The monoisotopic (exact) mass is 227 g/mol. The number of quaternary nitrogens is 2. The van der Waals surface area contributed by atoms with Crippen molar-refractivity contribution in [3.63, 3.8) is 0 Å². The van der Waals surface area contributed by atoms with E-state index in [9.17, 15) is 4.79 Å². The zero-order valence-corrected chi connectivity index (χ0v) is 8.87. The van der Waals surface area contributed by atoms with Gasteiger partial charge in [0.25, 0.3) is 5.91 Å². The first-order chi connectivity index (χ1) is 5.33. The normalized spacial score (nSPS) is 24.5. The summed E-state index contributed by atoms with van der Waals surface area (Å²) in [5.74, 6) is 0.255. The standard InChI is InChI=1S/C7H13N3O.2ClH/c11-6-7(10-5-9-6)1-3-8-4-2-7;;/h8,10H,1-5H2,(H,9,11);2*1H. The Morgan fingerprint density at radius 1 is 1.23 bits per heavy atom. The highest BCUT2D eigenvalue weighted by Crippen LogP contribution is 2.12. The molecule has 2 heterocycles. The Hall–Kier alpha value is -0.0300. The van der Waals surface area contributed by atoms with E-state index in [4.69, 9.17) is 0 Å². The summed E-state index contributed by atoms with van der Waals surface area (Å²) in [7, 11) is 0. The van der Waals surface area contributed by atoms with Crippen molar-refractivity contribution >= 4 is 5.91 Å². The summed E-state index contributed by atoms with van der Waals surface area (Å²) in [4.78, 5) is 11.4. The van der Waals surface area contributed by atoms with Gasteiger partial charge in [-0.2, -0.15) is 0 Å². The number of halogens is 2. The predicted octanol–water partition coefficient (Wildman–Crippen LogP) is -9.26. The molecule has 0 aliphatic carbocycles. The van der Waals surface area contributed by atoms with Gasteiger partial charge in [0, 0.05) is 0 Å². The molecular formula is C7H15Cl2N3O. The Bertz CT molecular complexity index is 183. The van der Waals surface area contributed by atoms with E-state index in [1.807, 2.05) is 0 Å². The van der Waals surface area contributed by atoms with E-state index in [0.29, 0.717) is 0 Å². The topological polar surface area (TPSA) is 62.3 Å². The number of piperidine rings is 1. The van der Waals surface area contributed by atoms with Crippen LogP contribution in [0, 0.1) is 0 Å². The molecule has 2 fully saturated rings. The van der Waals surface area contributed by atoms with Gasteiger partial charge in [0.1, 0.15) is 0 Å². The number of nitrogens with two attached hydrogens (primary N) is 2. The summed E-state index contributed by atoms with van der Waals surface area (Å²) < 4.78 is 0. The van der Waals surface area contributed by atoms with Gasteiger partial charge < -0.3 is 40.8 Å². The molecule has 0 aromatic rings. The molecule has 4 nitrogen and oxygen atoms in total. The molecule has 1 spiro atoms. The lowest BCUT2D eigenvalue weighted by Crippen LogP contribution is -3.01. The van der Waals surface area contributed by atoms with Crippen molar-refractivity contribution in [1.29, 1.82) is 0 Å². The second kappa shape index (κ2) is 5.00. The van der Waals surface area contributed by atoms with Crippen LogP contribution in [0.2, 0.25) is 0 Å². The molecule has 2 saturated heterocycles. The van der Waals surface area contributed by atoms with Crippen molar-refractivity contribution in [2.24, 2.45) is 0 Å². The van der Waals surface area contributed by atoms with E-state index >= 15 is 0 Å². The highest BCUT2D eigenvalue weighted by atomic mass is 35.5. The van der Waals surface area contributed by atoms with Crippen LogP contribution < -0.4 is 40.8 Å². The summed E-state index contributed by atoms with van der Waals surface area (Å²) in [5, 5.41) is 7.31. The van der Waals surface area contributed by atoms with E-state index in [1.54, 1.807) is 0 Å². The molecule has 2 rings (SSSR count). The second-order valence-electron chi connectivity index (χ2n) is 3.44. The van der Waals surface area contributed by atoms with Crippen molar-refractivity contribution in [3.8, 4) is 0 Å². The van der Waals surface area contributed by atoms with E-state index < -0.39 is 0 Å². The minimum Gasteiger partial charge on any atom is -1.00 e. The summed E-state index contributed by atoms with van der Waals surface area (Å²) in [6.45, 7) is 2.98. The Morgan fingerprint density at radius 3 is 2.31 bits per heavy atom. The molecule has 78 valence electrons. The van der Waals surface area contributed by atoms with Crippen LogP contribution in [0.3, 0.4) is 0 Å². The third-order valence-electron chi connectivity index (χ3n) is 2.80. The van der Waals surface area contributed by atoms with Gasteiger partial charge in [-0.05, 0) is 0 Å². The molecule has 0 aromatic carbocycles. The minimum absolute atomic E-state index is 0. The molecule has 0 aromatic heterocycles. The largest absolute Gasteiger partial charge is 1.00 e. The van der Waals surface area contributed by atoms with Crippen molar-refractivity contribution in [3.05, 3.63) is 0 Å². The van der Waals surface area contributed by atoms with Crippen molar-refractivity contribution in [2.75, 3.05) is 19.8 Å². The summed E-state index contributed by atoms with van der Waals surface area (Å²) in [6, 6.07) is 0. The quantitative estimate of drug-likeness (QED) is 0.379. The molecular weight excluding hydrogens is 213 g/mol. The third kappa shape index (κ3) is 2.26. The van der Waals surface area contributed by atoms with Crippen molar-refractivity contribution < 1.29 is 40.2 Å². The number of hydrogen-bond donors (Lipinski definition) is 3. The fourth-order valence-electron chi connectivity index (χ4n) is 2.03. The van der Waals surface area contributed by atoms with Gasteiger partial charge in [0.15, 0.2) is 12.2 Å². The lowest BCUT2D eigenvalue weighted by molar-refractivity contribution is -0.741. The van der Waals surface area contributed by atoms with E-state index in [2.05, 4.69) is 16.0 Å². The Kier molecular flexibility index (Phi) is 4.99. The van der Waals surface area contributed by atoms with Crippen LogP contribution in [0.15, 0.2) is 0 Å². The smallest absolute Gasteiger partial charge is 0.286 e. The molecule has 2 aliphatic rings. The van der Waals surface area contributed by atoms with Crippen LogP contribution in [-0.2, 0) is 4.79 Å². The van der Waals surface area contributed by atoms with Crippen LogP contribution in [0.1, 0.15) is 12.8 Å². The van der Waals surface area contributed by atoms with Crippen LogP contribution in [-0.4, -0.2) is 31.2 Å². The van der Waals surface area contributed by atoms with Gasteiger partial charge in [0.2, 0.25) is 0 Å². The highest BCUT2D eigenvalue weighted by molar-refractivity contribution is 5.85. The number of carbonyl (C=O) groups excluding carboxylic acids is 1. The van der Waals surface area contributed by atoms with Crippen LogP contribution >= 0.6 is 0 Å². The number of rotatable bonds is 0. The van der Waals surface area contributed by atoms with Gasteiger partial charge in [-0.25, -0.2) is 0 Å². The summed E-state index contributed by atoms with van der Waals surface area (Å²) in [5.41, 5.74) is -0.0747. The lowest BCUT2D eigenvalue weighted by Gasteiger charge is -2.25. The molecule has 2 aliphatic heterocycles. The Morgan fingerprint density at radius 2 is 1.85 bits per heavy atom. The maximum Gasteiger partial charge on any atom is 0.286 e. The third-order valence-corrected chi connectivity index (χ3v) is 2.80. The van der Waals surface area contributed by atoms with Gasteiger partial charge in [0.05, 0.1) is 25.9 Å². The molecule has 0 bridgehead atoms. The van der Waals surface area contributed by atoms with Gasteiger partial charge in [-0.3, -0.25) is 4.79 Å². The summed E-state index contributed by atoms with van der Waals surface area (Å²) >= 11 is 0. The fourth-order valence-corrected chi connectivity index (χ4v) is 2.03. The Labute approximate surface area is 90.0 Å². The minimum atomic E-state index is -0.0747. The second-order valence-corrected chi connectivity index (χ2v) is 3.44. The first-order valence-corrected chi connectivity index (χ1v) is 4.28. The molecule has 5 N–H and O–H groups in total. The van der Waals surface area contributed by atoms with Gasteiger partial charge in [-0.1, -0.05) is 0 Å². The zero-order chi connectivity index (χ0) is 7.73. The fraction of sp³-hybridized carbons (Fsp3) is 0.857. The van der Waals surface area contributed by atoms with E-state index in [0.717, 1.165) is 32.6 Å². The maximum absolute atomic E-state index is 11.4. The molecule has 1 amide bonds. The van der Waals surface area contributed by atoms with Crippen LogP contribution in [0.5, 0.6) is 0 Å². The molecule has 0 saturated carbocycles. The lowest BCUT2D eigenvalue weighted by atomic mass is 9.89. The number of carbonyl (C=O) groups is 1. The average Bonchev–Trinajstić information content (AvgIpc) is 2.36. The van der Waals surface area contributed by atoms with Crippen LogP contribution in [0.4, 0.5) is 0 Å². The van der Waals surface area contributed by atoms with Crippen molar-refractivity contribution in [2.45, 2.75) is 18.4 Å². The van der Waals surface area contributed by atoms with E-state index in [-0.39, 0.29) is 36.3 Å². The molecule has 0 unspecified atom stereocenters. The first-order valence-electron chi connectivity index (χ1n) is 4.28. The summed E-state index contributed by atoms with van der Waals surface area (Å²) in [6.07, 6.45) is 2.05. The number of hydrogen-bond acceptors (Lipinski definition) is 1. The molecule has 0 radical (unpaired) electrons. The molecule has 13 heavy (non-hydrogen) atoms. The first kappa shape index (κ1) is 13.0. The van der Waals surface area contributed by atoms with Gasteiger partial charge in [-0.15, -0.1) is 0 Å². The predicted molar refractivity (Wildman–Crippen MR) is 38.6 cm³/mol. The van der Waals surface area contributed by atoms with Crippen molar-refractivity contribution in [1.82, 2.24) is 5.32 Å². The Balaban J connectivity index is 0.000000720. The SMILES string of the molecule is O=C1NC[NH2+]C12CC[NH2+]CC2.[Cl-].[Cl-]. The highest BCUT2D eigenvalue weighted by Gasteiger charge is 2.48. The van der Waals surface area contributed by atoms with Crippen LogP contribution in [0.25, 0.3) is 0 Å². The van der Waals surface area contributed by atoms with Gasteiger partial charge >= 0.3 is 0 Å².